The van der Waals surface area contributed by atoms with E-state index in [-0.39, 0.29) is 29.8 Å². The number of ether oxygens (including phenoxy) is 3. The van der Waals surface area contributed by atoms with E-state index in [2.05, 4.69) is 20.6 Å². The Labute approximate surface area is 210 Å². The summed E-state index contributed by atoms with van der Waals surface area (Å²) in [5.74, 6) is -0.767. The van der Waals surface area contributed by atoms with Crippen LogP contribution < -0.4 is 24.8 Å². The lowest BCUT2D eigenvalue weighted by Gasteiger charge is -2.17. The molecule has 0 saturated heterocycles. The lowest BCUT2D eigenvalue weighted by molar-refractivity contribution is -0.138. The lowest BCUT2D eigenvalue weighted by atomic mass is 10.2. The Morgan fingerprint density at radius 2 is 1.76 bits per heavy atom. The van der Waals surface area contributed by atoms with Crippen LogP contribution in [0, 0.1) is 0 Å². The summed E-state index contributed by atoms with van der Waals surface area (Å²) in [5, 5.41) is 5.49. The predicted molar refractivity (Wildman–Crippen MR) is 124 cm³/mol. The normalized spacial score (nSPS) is 13.9. The molecule has 194 valence electrons. The van der Waals surface area contributed by atoms with Crippen LogP contribution in [0.3, 0.4) is 0 Å². The molecule has 1 aromatic carbocycles. The third kappa shape index (κ3) is 6.08. The summed E-state index contributed by atoms with van der Waals surface area (Å²) >= 11 is 0. The third-order valence-electron chi connectivity index (χ3n) is 5.69. The van der Waals surface area contributed by atoms with E-state index in [0.717, 1.165) is 6.07 Å². The predicted octanol–water partition coefficient (Wildman–Crippen LogP) is 3.88. The maximum Gasteiger partial charge on any atom is 0.420 e. The molecule has 1 aliphatic carbocycles. The molecule has 37 heavy (non-hydrogen) atoms. The SMILES string of the molecule is COc1ccc(Oc2ccc(CNC(=O)C3(NC(=O)c4ccnc(OC)c4)CC3)nc2)c(C(F)(F)F)c1. The van der Waals surface area contributed by atoms with E-state index in [0.29, 0.717) is 24.1 Å². The molecule has 2 heterocycles. The Bertz CT molecular complexity index is 1290. The van der Waals surface area contributed by atoms with Gasteiger partial charge in [-0.05, 0) is 49.2 Å². The number of pyridine rings is 2. The molecule has 3 aromatic rings. The van der Waals surface area contributed by atoms with E-state index in [1.54, 1.807) is 0 Å². The van der Waals surface area contributed by atoms with E-state index in [1.807, 2.05) is 0 Å². The van der Waals surface area contributed by atoms with Crippen molar-refractivity contribution in [2.45, 2.75) is 31.1 Å². The van der Waals surface area contributed by atoms with Crippen LogP contribution in [0.2, 0.25) is 0 Å². The number of rotatable bonds is 9. The fraction of sp³-hybridized carbons (Fsp3) is 0.280. The van der Waals surface area contributed by atoms with Crippen molar-refractivity contribution in [3.8, 4) is 23.1 Å². The smallest absolute Gasteiger partial charge is 0.420 e. The van der Waals surface area contributed by atoms with Gasteiger partial charge < -0.3 is 24.8 Å². The number of halogens is 3. The average Bonchev–Trinajstić information content (AvgIpc) is 3.68. The number of carbonyl (C=O) groups excluding carboxylic acids is 2. The van der Waals surface area contributed by atoms with Gasteiger partial charge in [0.05, 0.1) is 32.7 Å². The first-order valence-electron chi connectivity index (χ1n) is 11.1. The summed E-state index contributed by atoms with van der Waals surface area (Å²) < 4.78 is 55.5. The van der Waals surface area contributed by atoms with Crippen molar-refractivity contribution >= 4 is 11.8 Å². The minimum Gasteiger partial charge on any atom is -0.497 e. The summed E-state index contributed by atoms with van der Waals surface area (Å²) in [6.07, 6.45) is -0.978. The molecule has 0 atom stereocenters. The highest BCUT2D eigenvalue weighted by molar-refractivity contribution is 6.00. The highest BCUT2D eigenvalue weighted by Crippen LogP contribution is 2.40. The zero-order valence-corrected chi connectivity index (χ0v) is 19.9. The highest BCUT2D eigenvalue weighted by Gasteiger charge is 2.51. The number of carbonyl (C=O) groups is 2. The second-order valence-corrected chi connectivity index (χ2v) is 8.25. The fourth-order valence-electron chi connectivity index (χ4n) is 3.48. The molecule has 0 unspecified atom stereocenters. The zero-order valence-electron chi connectivity index (χ0n) is 19.9. The third-order valence-corrected chi connectivity index (χ3v) is 5.69. The summed E-state index contributed by atoms with van der Waals surface area (Å²) in [5.41, 5.74) is -1.23. The number of alkyl halides is 3. The van der Waals surface area contributed by atoms with Crippen molar-refractivity contribution in [3.63, 3.8) is 0 Å². The second-order valence-electron chi connectivity index (χ2n) is 8.25. The van der Waals surface area contributed by atoms with Crippen molar-refractivity contribution in [3.05, 3.63) is 71.7 Å². The maximum atomic E-state index is 13.4. The van der Waals surface area contributed by atoms with Gasteiger partial charge in [-0.15, -0.1) is 0 Å². The molecule has 2 N–H and O–H groups in total. The molecular weight excluding hydrogens is 493 g/mol. The van der Waals surface area contributed by atoms with E-state index < -0.39 is 28.9 Å². The maximum absolute atomic E-state index is 13.4. The van der Waals surface area contributed by atoms with Crippen LogP contribution in [0.25, 0.3) is 0 Å². The molecular formula is C25H23F3N4O5. The number of hydrogen-bond acceptors (Lipinski definition) is 7. The Balaban J connectivity index is 1.35. The average molecular weight is 516 g/mol. The van der Waals surface area contributed by atoms with Crippen molar-refractivity contribution in [2.75, 3.05) is 14.2 Å². The molecule has 0 spiro atoms. The van der Waals surface area contributed by atoms with Gasteiger partial charge in [-0.1, -0.05) is 0 Å². The van der Waals surface area contributed by atoms with Crippen molar-refractivity contribution < 1.29 is 37.0 Å². The molecule has 0 bridgehead atoms. The summed E-state index contributed by atoms with van der Waals surface area (Å²) in [6, 6.07) is 9.34. The molecule has 0 radical (unpaired) electrons. The van der Waals surface area contributed by atoms with Crippen LogP contribution in [-0.2, 0) is 17.5 Å². The zero-order chi connectivity index (χ0) is 26.6. The fourth-order valence-corrected chi connectivity index (χ4v) is 3.48. The molecule has 2 aromatic heterocycles. The Morgan fingerprint density at radius 3 is 2.38 bits per heavy atom. The quantitative estimate of drug-likeness (QED) is 0.444. The van der Waals surface area contributed by atoms with E-state index in [4.69, 9.17) is 14.2 Å². The number of benzene rings is 1. The van der Waals surface area contributed by atoms with Crippen LogP contribution in [0.1, 0.15) is 34.5 Å². The molecule has 9 nitrogen and oxygen atoms in total. The summed E-state index contributed by atoms with van der Waals surface area (Å²) in [4.78, 5) is 33.4. The van der Waals surface area contributed by atoms with Crippen LogP contribution in [0.4, 0.5) is 13.2 Å². The number of methoxy groups -OCH3 is 2. The number of aromatic nitrogens is 2. The number of nitrogens with zero attached hydrogens (tertiary/aromatic N) is 2. The largest absolute Gasteiger partial charge is 0.497 e. The van der Waals surface area contributed by atoms with E-state index in [9.17, 15) is 22.8 Å². The van der Waals surface area contributed by atoms with Gasteiger partial charge in [0.2, 0.25) is 11.8 Å². The first-order chi connectivity index (χ1) is 17.6. The number of amides is 2. The highest BCUT2D eigenvalue weighted by atomic mass is 19.4. The van der Waals surface area contributed by atoms with Crippen LogP contribution in [0.15, 0.2) is 54.9 Å². The van der Waals surface area contributed by atoms with E-state index in [1.165, 1.54) is 63.0 Å². The number of hydrogen-bond donors (Lipinski definition) is 2. The second kappa shape index (κ2) is 10.3. The first-order valence-corrected chi connectivity index (χ1v) is 11.1. The molecule has 4 rings (SSSR count). The van der Waals surface area contributed by atoms with Gasteiger partial charge >= 0.3 is 6.18 Å². The van der Waals surface area contributed by atoms with E-state index >= 15 is 0 Å². The molecule has 1 fully saturated rings. The molecule has 0 aliphatic heterocycles. The molecule has 1 saturated carbocycles. The monoisotopic (exact) mass is 516 g/mol. The van der Waals surface area contributed by atoms with Gasteiger partial charge in [-0.2, -0.15) is 13.2 Å². The summed E-state index contributed by atoms with van der Waals surface area (Å²) in [7, 11) is 2.71. The van der Waals surface area contributed by atoms with Crippen LogP contribution >= 0.6 is 0 Å². The van der Waals surface area contributed by atoms with Gasteiger partial charge in [0.1, 0.15) is 28.4 Å². The van der Waals surface area contributed by atoms with Gasteiger partial charge in [0.25, 0.3) is 5.91 Å². The van der Waals surface area contributed by atoms with Gasteiger partial charge in [0, 0.05) is 17.8 Å². The molecule has 2 amide bonds. The lowest BCUT2D eigenvalue weighted by Crippen LogP contribution is -2.48. The van der Waals surface area contributed by atoms with Crippen LogP contribution in [-0.4, -0.2) is 41.5 Å². The Kier molecular flexibility index (Phi) is 7.18. The Hall–Kier alpha value is -4.35. The van der Waals surface area contributed by atoms with Crippen molar-refractivity contribution in [2.24, 2.45) is 0 Å². The number of nitrogens with one attached hydrogen (secondary N) is 2. The minimum atomic E-state index is -4.64. The van der Waals surface area contributed by atoms with Crippen LogP contribution in [0.5, 0.6) is 23.1 Å². The van der Waals surface area contributed by atoms with Crippen molar-refractivity contribution in [1.82, 2.24) is 20.6 Å². The molecule has 12 heteroatoms. The van der Waals surface area contributed by atoms with Gasteiger partial charge in [0.15, 0.2) is 0 Å². The Morgan fingerprint density at radius 1 is 1.00 bits per heavy atom. The standard InChI is InChI=1S/C25H23F3N4O5/c1-35-17-5-6-20(19(12-17)25(26,27)28)37-18-4-3-16(30-14-18)13-31-23(34)24(8-9-24)32-22(33)15-7-10-29-21(11-15)36-2/h3-7,10-12,14H,8-9,13H2,1-2H3,(H,31,34)(H,32,33). The topological polar surface area (TPSA) is 112 Å². The summed E-state index contributed by atoms with van der Waals surface area (Å²) in [6.45, 7) is 0.0517. The molecule has 1 aliphatic rings. The first kappa shape index (κ1) is 25.7. The van der Waals surface area contributed by atoms with Crippen molar-refractivity contribution in [1.29, 1.82) is 0 Å². The van der Waals surface area contributed by atoms with Gasteiger partial charge in [-0.3, -0.25) is 14.6 Å². The van der Waals surface area contributed by atoms with Gasteiger partial charge in [-0.25, -0.2) is 4.98 Å². The minimum absolute atomic E-state index is 0.0500.